The SMILES string of the molecule is CCC(CC)C(O)CNC1CCC(C)(C)CC1C. The monoisotopic (exact) mass is 255 g/mol. The topological polar surface area (TPSA) is 32.3 Å². The Hall–Kier alpha value is -0.0800. The van der Waals surface area contributed by atoms with Crippen LogP contribution in [0.15, 0.2) is 0 Å². The van der Waals surface area contributed by atoms with E-state index in [9.17, 15) is 5.11 Å². The molecule has 0 saturated heterocycles. The van der Waals surface area contributed by atoms with E-state index in [-0.39, 0.29) is 6.10 Å². The first-order valence-corrected chi connectivity index (χ1v) is 7.81. The van der Waals surface area contributed by atoms with Crippen molar-refractivity contribution >= 4 is 0 Å². The summed E-state index contributed by atoms with van der Waals surface area (Å²) in [6.45, 7) is 12.2. The van der Waals surface area contributed by atoms with Crippen molar-refractivity contribution in [2.45, 2.75) is 78.9 Å². The van der Waals surface area contributed by atoms with E-state index in [1.54, 1.807) is 0 Å². The molecule has 0 aliphatic heterocycles. The summed E-state index contributed by atoms with van der Waals surface area (Å²) in [5.41, 5.74) is 0.506. The van der Waals surface area contributed by atoms with Crippen molar-refractivity contribution in [3.63, 3.8) is 0 Å². The van der Waals surface area contributed by atoms with Gasteiger partial charge in [0.15, 0.2) is 0 Å². The standard InChI is InChI=1S/C16H33NO/c1-6-13(7-2)15(18)11-17-14-8-9-16(4,5)10-12(14)3/h12-15,17-18H,6-11H2,1-5H3. The molecular formula is C16H33NO. The van der Waals surface area contributed by atoms with Crippen molar-refractivity contribution in [3.05, 3.63) is 0 Å². The van der Waals surface area contributed by atoms with E-state index >= 15 is 0 Å². The summed E-state index contributed by atoms with van der Waals surface area (Å²) >= 11 is 0. The fraction of sp³-hybridized carbons (Fsp3) is 1.00. The predicted octanol–water partition coefficient (Wildman–Crippen LogP) is 3.59. The number of aliphatic hydroxyl groups is 1. The highest BCUT2D eigenvalue weighted by molar-refractivity contribution is 4.87. The van der Waals surface area contributed by atoms with Crippen LogP contribution in [0.1, 0.15) is 66.7 Å². The van der Waals surface area contributed by atoms with Gasteiger partial charge in [-0.3, -0.25) is 0 Å². The van der Waals surface area contributed by atoms with Gasteiger partial charge in [0.25, 0.3) is 0 Å². The van der Waals surface area contributed by atoms with E-state index in [1.165, 1.54) is 19.3 Å². The Bertz CT molecular complexity index is 235. The van der Waals surface area contributed by atoms with E-state index in [1.807, 2.05) is 0 Å². The van der Waals surface area contributed by atoms with Gasteiger partial charge in [0.05, 0.1) is 6.10 Å². The highest BCUT2D eigenvalue weighted by Gasteiger charge is 2.32. The van der Waals surface area contributed by atoms with E-state index in [0.29, 0.717) is 17.4 Å². The number of hydrogen-bond acceptors (Lipinski definition) is 2. The maximum absolute atomic E-state index is 10.2. The largest absolute Gasteiger partial charge is 0.392 e. The number of hydrogen-bond donors (Lipinski definition) is 2. The van der Waals surface area contributed by atoms with E-state index in [4.69, 9.17) is 0 Å². The molecule has 0 amide bonds. The average Bonchev–Trinajstić information content (AvgIpc) is 2.28. The summed E-state index contributed by atoms with van der Waals surface area (Å²) in [5, 5.41) is 13.8. The van der Waals surface area contributed by atoms with Crippen molar-refractivity contribution in [2.24, 2.45) is 17.3 Å². The molecule has 1 rings (SSSR count). The normalized spacial score (nSPS) is 29.5. The van der Waals surface area contributed by atoms with Crippen LogP contribution in [0.5, 0.6) is 0 Å². The first-order valence-electron chi connectivity index (χ1n) is 7.81. The summed E-state index contributed by atoms with van der Waals surface area (Å²) in [4.78, 5) is 0. The molecule has 2 N–H and O–H groups in total. The smallest absolute Gasteiger partial charge is 0.0692 e. The lowest BCUT2D eigenvalue weighted by atomic mass is 9.70. The molecule has 1 aliphatic carbocycles. The molecule has 1 aliphatic rings. The average molecular weight is 255 g/mol. The molecule has 2 heteroatoms. The van der Waals surface area contributed by atoms with Crippen LogP contribution in [0.3, 0.4) is 0 Å². The molecule has 0 aromatic rings. The van der Waals surface area contributed by atoms with Crippen LogP contribution in [-0.4, -0.2) is 23.8 Å². The van der Waals surface area contributed by atoms with Crippen molar-refractivity contribution in [2.75, 3.05) is 6.54 Å². The molecule has 1 fully saturated rings. The van der Waals surface area contributed by atoms with Crippen LogP contribution in [0.2, 0.25) is 0 Å². The molecule has 108 valence electrons. The Morgan fingerprint density at radius 3 is 2.39 bits per heavy atom. The van der Waals surface area contributed by atoms with Crippen LogP contribution in [0.4, 0.5) is 0 Å². The Labute approximate surface area is 114 Å². The quantitative estimate of drug-likeness (QED) is 0.760. The van der Waals surface area contributed by atoms with Crippen LogP contribution >= 0.6 is 0 Å². The van der Waals surface area contributed by atoms with E-state index in [2.05, 4.69) is 39.9 Å². The highest BCUT2D eigenvalue weighted by atomic mass is 16.3. The second kappa shape index (κ2) is 6.91. The zero-order valence-corrected chi connectivity index (χ0v) is 13.0. The molecule has 0 heterocycles. The Kier molecular flexibility index (Phi) is 6.13. The highest BCUT2D eigenvalue weighted by Crippen LogP contribution is 2.38. The van der Waals surface area contributed by atoms with Gasteiger partial charge in [-0.05, 0) is 36.5 Å². The third kappa shape index (κ3) is 4.55. The molecule has 1 saturated carbocycles. The minimum absolute atomic E-state index is 0.179. The zero-order chi connectivity index (χ0) is 13.8. The summed E-state index contributed by atoms with van der Waals surface area (Å²) in [6.07, 6.45) is 5.83. The van der Waals surface area contributed by atoms with Gasteiger partial charge in [-0.2, -0.15) is 0 Å². The molecule has 0 aromatic carbocycles. The fourth-order valence-corrected chi connectivity index (χ4v) is 3.52. The number of rotatable bonds is 6. The third-order valence-corrected chi connectivity index (χ3v) is 4.88. The fourth-order valence-electron chi connectivity index (χ4n) is 3.52. The van der Waals surface area contributed by atoms with Crippen LogP contribution < -0.4 is 5.32 Å². The molecule has 3 unspecified atom stereocenters. The maximum Gasteiger partial charge on any atom is 0.0692 e. The van der Waals surface area contributed by atoms with Gasteiger partial charge in [-0.1, -0.05) is 47.5 Å². The molecule has 2 nitrogen and oxygen atoms in total. The number of nitrogens with one attached hydrogen (secondary N) is 1. The van der Waals surface area contributed by atoms with Gasteiger partial charge >= 0.3 is 0 Å². The summed E-state index contributed by atoms with van der Waals surface area (Å²) in [5.74, 6) is 1.18. The molecule has 0 bridgehead atoms. The molecule has 0 aromatic heterocycles. The minimum atomic E-state index is -0.179. The zero-order valence-electron chi connectivity index (χ0n) is 13.0. The van der Waals surface area contributed by atoms with Crippen LogP contribution in [0, 0.1) is 17.3 Å². The van der Waals surface area contributed by atoms with E-state index in [0.717, 1.165) is 25.3 Å². The summed E-state index contributed by atoms with van der Waals surface area (Å²) < 4.78 is 0. The molecule has 18 heavy (non-hydrogen) atoms. The summed E-state index contributed by atoms with van der Waals surface area (Å²) in [7, 11) is 0. The van der Waals surface area contributed by atoms with Crippen LogP contribution in [0.25, 0.3) is 0 Å². The number of aliphatic hydroxyl groups excluding tert-OH is 1. The van der Waals surface area contributed by atoms with Crippen molar-refractivity contribution < 1.29 is 5.11 Å². The predicted molar refractivity (Wildman–Crippen MR) is 78.7 cm³/mol. The Balaban J connectivity index is 2.35. The lowest BCUT2D eigenvalue weighted by Crippen LogP contribution is -2.45. The molecule has 0 spiro atoms. The molecular weight excluding hydrogens is 222 g/mol. The van der Waals surface area contributed by atoms with Gasteiger partial charge in [-0.15, -0.1) is 0 Å². The van der Waals surface area contributed by atoms with Crippen molar-refractivity contribution in [3.8, 4) is 0 Å². The lowest BCUT2D eigenvalue weighted by Gasteiger charge is -2.40. The Morgan fingerprint density at radius 2 is 1.89 bits per heavy atom. The van der Waals surface area contributed by atoms with Gasteiger partial charge in [0, 0.05) is 12.6 Å². The van der Waals surface area contributed by atoms with Gasteiger partial charge in [0.1, 0.15) is 0 Å². The lowest BCUT2D eigenvalue weighted by molar-refractivity contribution is 0.0838. The second-order valence-electron chi connectivity index (χ2n) is 7.04. The molecule has 0 radical (unpaired) electrons. The third-order valence-electron chi connectivity index (χ3n) is 4.88. The van der Waals surface area contributed by atoms with Gasteiger partial charge in [0.2, 0.25) is 0 Å². The molecule has 3 atom stereocenters. The van der Waals surface area contributed by atoms with Crippen molar-refractivity contribution in [1.82, 2.24) is 5.32 Å². The summed E-state index contributed by atoms with van der Waals surface area (Å²) in [6, 6.07) is 0.599. The van der Waals surface area contributed by atoms with Gasteiger partial charge in [-0.25, -0.2) is 0 Å². The van der Waals surface area contributed by atoms with Crippen LogP contribution in [-0.2, 0) is 0 Å². The second-order valence-corrected chi connectivity index (χ2v) is 7.04. The Morgan fingerprint density at radius 1 is 1.28 bits per heavy atom. The maximum atomic E-state index is 10.2. The van der Waals surface area contributed by atoms with Gasteiger partial charge < -0.3 is 10.4 Å². The first-order chi connectivity index (χ1) is 8.39. The first kappa shape index (κ1) is 16.0. The minimum Gasteiger partial charge on any atom is -0.392 e. The van der Waals surface area contributed by atoms with E-state index < -0.39 is 0 Å². The van der Waals surface area contributed by atoms with Crippen molar-refractivity contribution in [1.29, 1.82) is 0 Å².